The number of nitrogens with one attached hydrogen (secondary N) is 1. The first-order chi connectivity index (χ1) is 9.72. The zero-order valence-electron chi connectivity index (χ0n) is 12.5. The quantitative estimate of drug-likeness (QED) is 0.450. The Hall–Kier alpha value is -1.51. The van der Waals surface area contributed by atoms with Gasteiger partial charge in [-0.2, -0.15) is 0 Å². The molecule has 0 aliphatic rings. The molecular weight excluding hydrogens is 294 g/mol. The molecule has 3 N–H and O–H groups in total. The van der Waals surface area contributed by atoms with E-state index in [0.717, 1.165) is 0 Å². The molecule has 0 atom stereocenters. The number of nitrogens with zero attached hydrogens (tertiary/aromatic N) is 1. The van der Waals surface area contributed by atoms with Crippen molar-refractivity contribution in [2.24, 2.45) is 5.73 Å². The zero-order valence-corrected chi connectivity index (χ0v) is 13.3. The van der Waals surface area contributed by atoms with Crippen LogP contribution in [0.5, 0.6) is 0 Å². The standard InChI is InChI=1S/C13H21N3O4S/c1-9-8-10(2)13(11(3)12(9)16(17)18)21(19,20)15-7-5-4-6-14/h8,15H,4-7,14H2,1-3H3. The van der Waals surface area contributed by atoms with Gasteiger partial charge in [0.1, 0.15) is 0 Å². The summed E-state index contributed by atoms with van der Waals surface area (Å²) >= 11 is 0. The highest BCUT2D eigenvalue weighted by Crippen LogP contribution is 2.31. The largest absolute Gasteiger partial charge is 0.330 e. The Morgan fingerprint density at radius 2 is 1.86 bits per heavy atom. The molecular formula is C13H21N3O4S. The van der Waals surface area contributed by atoms with E-state index in [4.69, 9.17) is 5.73 Å². The van der Waals surface area contributed by atoms with E-state index in [-0.39, 0.29) is 22.7 Å². The molecule has 0 amide bonds. The van der Waals surface area contributed by atoms with Gasteiger partial charge in [0.25, 0.3) is 5.69 Å². The van der Waals surface area contributed by atoms with Crippen LogP contribution in [0.1, 0.15) is 29.5 Å². The number of aryl methyl sites for hydroxylation is 2. The Kier molecular flexibility index (Phi) is 5.82. The molecule has 0 radical (unpaired) electrons. The number of nitrogens with two attached hydrogens (primary N) is 1. The summed E-state index contributed by atoms with van der Waals surface area (Å²) in [5.41, 5.74) is 6.33. The van der Waals surface area contributed by atoms with Gasteiger partial charge in [-0.3, -0.25) is 10.1 Å². The van der Waals surface area contributed by atoms with Crippen LogP contribution in [0.2, 0.25) is 0 Å². The Balaban J connectivity index is 3.23. The highest BCUT2D eigenvalue weighted by atomic mass is 32.2. The van der Waals surface area contributed by atoms with E-state index < -0.39 is 14.9 Å². The maximum Gasteiger partial charge on any atom is 0.276 e. The van der Waals surface area contributed by atoms with Crippen LogP contribution in [0, 0.1) is 30.9 Å². The van der Waals surface area contributed by atoms with Gasteiger partial charge in [0.15, 0.2) is 0 Å². The van der Waals surface area contributed by atoms with Crippen LogP contribution in [0.25, 0.3) is 0 Å². The molecule has 118 valence electrons. The van der Waals surface area contributed by atoms with Gasteiger partial charge in [0.2, 0.25) is 10.0 Å². The summed E-state index contributed by atoms with van der Waals surface area (Å²) in [4.78, 5) is 10.6. The topological polar surface area (TPSA) is 115 Å². The minimum absolute atomic E-state index is 0.00690. The van der Waals surface area contributed by atoms with Gasteiger partial charge in [-0.25, -0.2) is 13.1 Å². The molecule has 0 heterocycles. The van der Waals surface area contributed by atoms with Crippen LogP contribution < -0.4 is 10.5 Å². The molecule has 0 bridgehead atoms. The molecule has 0 unspecified atom stereocenters. The van der Waals surface area contributed by atoms with E-state index in [0.29, 0.717) is 30.5 Å². The average molecular weight is 315 g/mol. The number of benzene rings is 1. The van der Waals surface area contributed by atoms with E-state index >= 15 is 0 Å². The lowest BCUT2D eigenvalue weighted by molar-refractivity contribution is -0.386. The first-order valence-electron chi connectivity index (χ1n) is 6.67. The summed E-state index contributed by atoms with van der Waals surface area (Å²) in [5.74, 6) is 0. The second-order valence-electron chi connectivity index (χ2n) is 4.96. The smallest absolute Gasteiger partial charge is 0.276 e. The van der Waals surface area contributed by atoms with Crippen molar-refractivity contribution in [3.63, 3.8) is 0 Å². The van der Waals surface area contributed by atoms with Gasteiger partial charge >= 0.3 is 0 Å². The molecule has 1 rings (SSSR count). The first-order valence-corrected chi connectivity index (χ1v) is 8.15. The van der Waals surface area contributed by atoms with Gasteiger partial charge < -0.3 is 5.73 Å². The van der Waals surface area contributed by atoms with Crippen molar-refractivity contribution in [3.8, 4) is 0 Å². The second kappa shape index (κ2) is 6.97. The lowest BCUT2D eigenvalue weighted by Gasteiger charge is -2.13. The lowest BCUT2D eigenvalue weighted by atomic mass is 10.1. The van der Waals surface area contributed by atoms with Crippen LogP contribution in [-0.2, 0) is 10.0 Å². The summed E-state index contributed by atoms with van der Waals surface area (Å²) in [6, 6.07) is 1.53. The third kappa shape index (κ3) is 3.99. The molecule has 21 heavy (non-hydrogen) atoms. The van der Waals surface area contributed by atoms with E-state index in [1.54, 1.807) is 13.8 Å². The van der Waals surface area contributed by atoms with Crippen molar-refractivity contribution in [1.82, 2.24) is 4.72 Å². The Bertz CT molecular complexity index is 641. The number of unbranched alkanes of at least 4 members (excludes halogenated alkanes) is 1. The van der Waals surface area contributed by atoms with Crippen LogP contribution in [0.4, 0.5) is 5.69 Å². The summed E-state index contributed by atoms with van der Waals surface area (Å²) in [6.07, 6.45) is 1.34. The number of rotatable bonds is 7. The maximum absolute atomic E-state index is 12.4. The fourth-order valence-electron chi connectivity index (χ4n) is 2.40. The lowest BCUT2D eigenvalue weighted by Crippen LogP contribution is -2.27. The average Bonchev–Trinajstić information content (AvgIpc) is 2.32. The molecule has 1 aromatic rings. The van der Waals surface area contributed by atoms with Crippen LogP contribution in [-0.4, -0.2) is 26.4 Å². The van der Waals surface area contributed by atoms with Crippen molar-refractivity contribution in [2.75, 3.05) is 13.1 Å². The van der Waals surface area contributed by atoms with Crippen LogP contribution in [0.3, 0.4) is 0 Å². The van der Waals surface area contributed by atoms with Crippen molar-refractivity contribution >= 4 is 15.7 Å². The third-order valence-electron chi connectivity index (χ3n) is 3.23. The van der Waals surface area contributed by atoms with E-state index in [9.17, 15) is 18.5 Å². The predicted octanol–water partition coefficient (Wildman–Crippen LogP) is 1.54. The van der Waals surface area contributed by atoms with E-state index in [2.05, 4.69) is 4.72 Å². The third-order valence-corrected chi connectivity index (χ3v) is 4.98. The maximum atomic E-state index is 12.4. The summed E-state index contributed by atoms with van der Waals surface area (Å²) < 4.78 is 27.2. The molecule has 0 aliphatic carbocycles. The molecule has 7 nitrogen and oxygen atoms in total. The van der Waals surface area contributed by atoms with Gasteiger partial charge in [-0.05, 0) is 51.8 Å². The number of hydrogen-bond donors (Lipinski definition) is 2. The molecule has 1 aromatic carbocycles. The van der Waals surface area contributed by atoms with Crippen molar-refractivity contribution < 1.29 is 13.3 Å². The number of sulfonamides is 1. The normalized spacial score (nSPS) is 11.6. The fourth-order valence-corrected chi connectivity index (χ4v) is 3.94. The Labute approximate surface area is 124 Å². The minimum atomic E-state index is -3.77. The van der Waals surface area contributed by atoms with Gasteiger partial charge in [0.05, 0.1) is 9.82 Å². The highest BCUT2D eigenvalue weighted by Gasteiger charge is 2.27. The number of nitro groups is 1. The number of hydrogen-bond acceptors (Lipinski definition) is 5. The second-order valence-corrected chi connectivity index (χ2v) is 6.67. The molecule has 8 heteroatoms. The van der Waals surface area contributed by atoms with Gasteiger partial charge in [0, 0.05) is 17.7 Å². The van der Waals surface area contributed by atoms with Crippen molar-refractivity contribution in [1.29, 1.82) is 0 Å². The van der Waals surface area contributed by atoms with Crippen molar-refractivity contribution in [3.05, 3.63) is 32.9 Å². The molecule has 0 aliphatic heterocycles. The Morgan fingerprint density at radius 3 is 2.38 bits per heavy atom. The summed E-state index contributed by atoms with van der Waals surface area (Å²) in [5, 5.41) is 11.1. The predicted molar refractivity (Wildman–Crippen MR) is 80.8 cm³/mol. The molecule has 0 spiro atoms. The summed E-state index contributed by atoms with van der Waals surface area (Å²) in [7, 11) is -3.77. The molecule has 0 saturated carbocycles. The fraction of sp³-hybridized carbons (Fsp3) is 0.538. The molecule has 0 fully saturated rings. The minimum Gasteiger partial charge on any atom is -0.330 e. The van der Waals surface area contributed by atoms with Gasteiger partial charge in [-0.15, -0.1) is 0 Å². The van der Waals surface area contributed by atoms with Crippen molar-refractivity contribution in [2.45, 2.75) is 38.5 Å². The molecule has 0 aromatic heterocycles. The van der Waals surface area contributed by atoms with Crippen LogP contribution >= 0.6 is 0 Å². The Morgan fingerprint density at radius 1 is 1.24 bits per heavy atom. The SMILES string of the molecule is Cc1cc(C)c(S(=O)(=O)NCCCCN)c(C)c1[N+](=O)[O-]. The zero-order chi connectivity index (χ0) is 16.2. The summed E-state index contributed by atoms with van der Waals surface area (Å²) in [6.45, 7) is 5.46. The molecule has 0 saturated heterocycles. The van der Waals surface area contributed by atoms with Gasteiger partial charge in [-0.1, -0.05) is 0 Å². The number of nitro benzene ring substituents is 1. The van der Waals surface area contributed by atoms with E-state index in [1.807, 2.05) is 0 Å². The monoisotopic (exact) mass is 315 g/mol. The van der Waals surface area contributed by atoms with E-state index in [1.165, 1.54) is 13.0 Å². The highest BCUT2D eigenvalue weighted by molar-refractivity contribution is 7.89. The van der Waals surface area contributed by atoms with Crippen LogP contribution in [0.15, 0.2) is 11.0 Å². The first kappa shape index (κ1) is 17.5.